The highest BCUT2D eigenvalue weighted by atomic mass is 16.6. The lowest BCUT2D eigenvalue weighted by Gasteiger charge is -2.33. The Labute approximate surface area is 93.2 Å². The molecular formula is C11H14N2O3. The highest BCUT2D eigenvalue weighted by molar-refractivity contribution is 5.60. The first-order valence-electron chi connectivity index (χ1n) is 5.26. The van der Waals surface area contributed by atoms with Crippen molar-refractivity contribution in [3.63, 3.8) is 0 Å². The number of benzene rings is 1. The van der Waals surface area contributed by atoms with Crippen LogP contribution in [0.1, 0.15) is 18.4 Å². The molecular weight excluding hydrogens is 208 g/mol. The number of rotatable bonds is 3. The van der Waals surface area contributed by atoms with Crippen molar-refractivity contribution >= 4 is 11.4 Å². The van der Waals surface area contributed by atoms with E-state index in [4.69, 9.17) is 5.11 Å². The molecule has 0 heterocycles. The second-order valence-corrected chi connectivity index (χ2v) is 4.17. The summed E-state index contributed by atoms with van der Waals surface area (Å²) in [6.45, 7) is 1.73. The Bertz CT molecular complexity index is 414. The first-order valence-corrected chi connectivity index (χ1v) is 5.26. The number of nitrogens with zero attached hydrogens (tertiary/aromatic N) is 1. The molecule has 86 valence electrons. The Kier molecular flexibility index (Phi) is 2.78. The molecule has 2 N–H and O–H groups in total. The zero-order chi connectivity index (χ0) is 11.7. The summed E-state index contributed by atoms with van der Waals surface area (Å²) in [6.07, 6.45) is 1.20. The maximum atomic E-state index is 10.7. The van der Waals surface area contributed by atoms with Gasteiger partial charge in [0.05, 0.1) is 11.0 Å². The number of anilines is 1. The monoisotopic (exact) mass is 222 g/mol. The van der Waals surface area contributed by atoms with Crippen LogP contribution in [0.25, 0.3) is 0 Å². The predicted octanol–water partition coefficient (Wildman–Crippen LogP) is 1.84. The van der Waals surface area contributed by atoms with Gasteiger partial charge in [-0.2, -0.15) is 0 Å². The number of aliphatic hydroxyl groups is 1. The van der Waals surface area contributed by atoms with Gasteiger partial charge < -0.3 is 10.4 Å². The van der Waals surface area contributed by atoms with Crippen LogP contribution in [0.3, 0.4) is 0 Å². The first kappa shape index (κ1) is 10.9. The summed E-state index contributed by atoms with van der Waals surface area (Å²) in [6, 6.07) is 5.22. The third-order valence-corrected chi connectivity index (χ3v) is 2.97. The van der Waals surface area contributed by atoms with E-state index in [2.05, 4.69) is 5.32 Å². The Hall–Kier alpha value is -1.62. The van der Waals surface area contributed by atoms with Crippen LogP contribution in [0.4, 0.5) is 11.4 Å². The SMILES string of the molecule is Cc1c(NC2CC(O)C2)cccc1[N+](=O)[O-]. The Morgan fingerprint density at radius 2 is 2.19 bits per heavy atom. The number of nitro benzene ring substituents is 1. The van der Waals surface area contributed by atoms with Crippen molar-refractivity contribution in [1.82, 2.24) is 0 Å². The lowest BCUT2D eigenvalue weighted by Crippen LogP contribution is -2.39. The molecule has 1 saturated carbocycles. The molecule has 5 heteroatoms. The Morgan fingerprint density at radius 3 is 2.75 bits per heavy atom. The smallest absolute Gasteiger partial charge is 0.274 e. The molecule has 5 nitrogen and oxygen atoms in total. The van der Waals surface area contributed by atoms with Crippen LogP contribution >= 0.6 is 0 Å². The number of aliphatic hydroxyl groups excluding tert-OH is 1. The van der Waals surface area contributed by atoms with E-state index in [1.54, 1.807) is 13.0 Å². The summed E-state index contributed by atoms with van der Waals surface area (Å²) in [7, 11) is 0. The van der Waals surface area contributed by atoms with E-state index in [9.17, 15) is 10.1 Å². The van der Waals surface area contributed by atoms with Gasteiger partial charge in [-0.1, -0.05) is 6.07 Å². The molecule has 1 fully saturated rings. The summed E-state index contributed by atoms with van der Waals surface area (Å²) in [5.74, 6) is 0. The number of nitro groups is 1. The Balaban J connectivity index is 2.15. The summed E-state index contributed by atoms with van der Waals surface area (Å²) >= 11 is 0. The van der Waals surface area contributed by atoms with Crippen molar-refractivity contribution in [3.8, 4) is 0 Å². The van der Waals surface area contributed by atoms with Gasteiger partial charge in [-0.15, -0.1) is 0 Å². The zero-order valence-corrected chi connectivity index (χ0v) is 9.01. The van der Waals surface area contributed by atoms with Gasteiger partial charge in [0.2, 0.25) is 0 Å². The van der Waals surface area contributed by atoms with Gasteiger partial charge >= 0.3 is 0 Å². The highest BCUT2D eigenvalue weighted by Crippen LogP contribution is 2.29. The van der Waals surface area contributed by atoms with Crippen LogP contribution in [0.5, 0.6) is 0 Å². The van der Waals surface area contributed by atoms with Crippen molar-refractivity contribution in [1.29, 1.82) is 0 Å². The maximum Gasteiger partial charge on any atom is 0.274 e. The molecule has 0 radical (unpaired) electrons. The lowest BCUT2D eigenvalue weighted by molar-refractivity contribution is -0.385. The quantitative estimate of drug-likeness (QED) is 0.604. The fourth-order valence-corrected chi connectivity index (χ4v) is 1.90. The average molecular weight is 222 g/mol. The molecule has 0 amide bonds. The van der Waals surface area contributed by atoms with Crippen LogP contribution in [0.15, 0.2) is 18.2 Å². The minimum absolute atomic E-state index is 0.130. The van der Waals surface area contributed by atoms with Crippen molar-refractivity contribution < 1.29 is 10.0 Å². The van der Waals surface area contributed by atoms with E-state index in [1.165, 1.54) is 6.07 Å². The fraction of sp³-hybridized carbons (Fsp3) is 0.455. The zero-order valence-electron chi connectivity index (χ0n) is 9.01. The van der Waals surface area contributed by atoms with Crippen molar-refractivity contribution in [3.05, 3.63) is 33.9 Å². The molecule has 16 heavy (non-hydrogen) atoms. The highest BCUT2D eigenvalue weighted by Gasteiger charge is 2.27. The van der Waals surface area contributed by atoms with E-state index in [1.807, 2.05) is 6.07 Å². The second-order valence-electron chi connectivity index (χ2n) is 4.17. The van der Waals surface area contributed by atoms with Gasteiger partial charge in [0.1, 0.15) is 0 Å². The molecule has 2 rings (SSSR count). The van der Waals surface area contributed by atoms with Gasteiger partial charge in [-0.3, -0.25) is 10.1 Å². The first-order chi connectivity index (χ1) is 7.58. The number of hydrogen-bond donors (Lipinski definition) is 2. The molecule has 1 aromatic carbocycles. The predicted molar refractivity (Wildman–Crippen MR) is 60.5 cm³/mol. The topological polar surface area (TPSA) is 75.4 Å². The van der Waals surface area contributed by atoms with Gasteiger partial charge in [0, 0.05) is 23.4 Å². The summed E-state index contributed by atoms with van der Waals surface area (Å²) in [5, 5.41) is 23.1. The molecule has 0 saturated heterocycles. The third kappa shape index (κ3) is 1.99. The summed E-state index contributed by atoms with van der Waals surface area (Å²) in [4.78, 5) is 10.4. The second kappa shape index (κ2) is 4.09. The maximum absolute atomic E-state index is 10.7. The summed E-state index contributed by atoms with van der Waals surface area (Å²) < 4.78 is 0. The van der Waals surface area contributed by atoms with E-state index in [0.29, 0.717) is 18.4 Å². The average Bonchev–Trinajstić information content (AvgIpc) is 2.18. The van der Waals surface area contributed by atoms with Gasteiger partial charge in [-0.25, -0.2) is 0 Å². The van der Waals surface area contributed by atoms with E-state index < -0.39 is 0 Å². The van der Waals surface area contributed by atoms with Crippen LogP contribution in [0, 0.1) is 17.0 Å². The number of hydrogen-bond acceptors (Lipinski definition) is 4. The van der Waals surface area contributed by atoms with Crippen LogP contribution in [-0.4, -0.2) is 22.2 Å². The lowest BCUT2D eigenvalue weighted by atomic mass is 9.89. The molecule has 0 aliphatic heterocycles. The van der Waals surface area contributed by atoms with Gasteiger partial charge in [0.15, 0.2) is 0 Å². The molecule has 1 aromatic rings. The van der Waals surface area contributed by atoms with E-state index >= 15 is 0 Å². The molecule has 0 spiro atoms. The van der Waals surface area contributed by atoms with E-state index in [-0.39, 0.29) is 22.8 Å². The minimum Gasteiger partial charge on any atom is -0.393 e. The molecule has 0 aromatic heterocycles. The standard InChI is InChI=1S/C11H14N2O3/c1-7-10(12-8-5-9(14)6-8)3-2-4-11(7)13(15)16/h2-4,8-9,12,14H,5-6H2,1H3. The van der Waals surface area contributed by atoms with Crippen molar-refractivity contribution in [2.75, 3.05) is 5.32 Å². The molecule has 0 atom stereocenters. The summed E-state index contributed by atoms with van der Waals surface area (Å²) in [5.41, 5.74) is 1.56. The molecule has 0 bridgehead atoms. The van der Waals surface area contributed by atoms with Crippen LogP contribution in [-0.2, 0) is 0 Å². The third-order valence-electron chi connectivity index (χ3n) is 2.97. The fourth-order valence-electron chi connectivity index (χ4n) is 1.90. The number of nitrogens with one attached hydrogen (secondary N) is 1. The minimum atomic E-state index is -0.379. The normalized spacial score (nSPS) is 23.6. The Morgan fingerprint density at radius 1 is 1.50 bits per heavy atom. The van der Waals surface area contributed by atoms with Gasteiger partial charge in [0.25, 0.3) is 5.69 Å². The van der Waals surface area contributed by atoms with Crippen LogP contribution in [0.2, 0.25) is 0 Å². The van der Waals surface area contributed by atoms with Crippen molar-refractivity contribution in [2.45, 2.75) is 31.9 Å². The largest absolute Gasteiger partial charge is 0.393 e. The van der Waals surface area contributed by atoms with E-state index in [0.717, 1.165) is 5.69 Å². The van der Waals surface area contributed by atoms with Gasteiger partial charge in [-0.05, 0) is 25.8 Å². The van der Waals surface area contributed by atoms with Crippen LogP contribution < -0.4 is 5.32 Å². The molecule has 1 aliphatic carbocycles. The van der Waals surface area contributed by atoms with Crippen molar-refractivity contribution in [2.24, 2.45) is 0 Å². The molecule has 1 aliphatic rings. The molecule has 0 unspecified atom stereocenters.